The molecule has 5 heteroatoms. The minimum absolute atomic E-state index is 0.233. The summed E-state index contributed by atoms with van der Waals surface area (Å²) in [7, 11) is 1.62. The van der Waals surface area contributed by atoms with E-state index in [0.717, 1.165) is 16.1 Å². The van der Waals surface area contributed by atoms with E-state index in [0.29, 0.717) is 17.2 Å². The van der Waals surface area contributed by atoms with E-state index >= 15 is 0 Å². The van der Waals surface area contributed by atoms with Crippen molar-refractivity contribution in [2.45, 2.75) is 0 Å². The van der Waals surface area contributed by atoms with Crippen molar-refractivity contribution in [1.29, 1.82) is 0 Å². The molecule has 0 spiro atoms. The Morgan fingerprint density at radius 1 is 1.18 bits per heavy atom. The second-order valence-corrected chi connectivity index (χ2v) is 5.87. The summed E-state index contributed by atoms with van der Waals surface area (Å²) < 4.78 is 17.4. The maximum absolute atomic E-state index is 5.43. The molecule has 0 amide bonds. The number of thiazole rings is 1. The van der Waals surface area contributed by atoms with Gasteiger partial charge in [-0.2, -0.15) is 0 Å². The van der Waals surface area contributed by atoms with Crippen LogP contribution in [0.25, 0.3) is 22.4 Å². The summed E-state index contributed by atoms with van der Waals surface area (Å²) in [6, 6.07) is 12.0. The fourth-order valence-corrected chi connectivity index (χ4v) is 3.25. The molecule has 1 aliphatic rings. The zero-order valence-corrected chi connectivity index (χ0v) is 12.7. The van der Waals surface area contributed by atoms with Crippen LogP contribution in [0.2, 0.25) is 0 Å². The number of aromatic nitrogens is 1. The van der Waals surface area contributed by atoms with Gasteiger partial charge in [-0.05, 0) is 35.9 Å². The zero-order chi connectivity index (χ0) is 14.9. The molecule has 0 radical (unpaired) electrons. The lowest BCUT2D eigenvalue weighted by molar-refractivity contribution is 0.171. The molecular formula is C17H13NO3S. The van der Waals surface area contributed by atoms with Crippen LogP contribution in [-0.2, 0) is 0 Å². The highest BCUT2D eigenvalue weighted by molar-refractivity contribution is 7.19. The third-order valence-corrected chi connectivity index (χ3v) is 4.41. The van der Waals surface area contributed by atoms with Gasteiger partial charge in [-0.25, -0.2) is 4.98 Å². The summed E-state index contributed by atoms with van der Waals surface area (Å²) in [6.07, 6.45) is 4.00. The molecule has 2 heterocycles. The number of para-hydroxylation sites is 1. The van der Waals surface area contributed by atoms with Crippen LogP contribution in [0.5, 0.6) is 17.2 Å². The number of hydrogen-bond acceptors (Lipinski definition) is 5. The molecule has 22 heavy (non-hydrogen) atoms. The van der Waals surface area contributed by atoms with Crippen molar-refractivity contribution in [3.05, 3.63) is 47.0 Å². The Labute approximate surface area is 131 Å². The molecule has 4 rings (SSSR count). The fraction of sp³-hybridized carbons (Fsp3) is 0.118. The van der Waals surface area contributed by atoms with Crippen LogP contribution in [0.4, 0.5) is 0 Å². The fourth-order valence-electron chi connectivity index (χ4n) is 2.37. The first kappa shape index (κ1) is 13.2. The molecule has 2 aromatic carbocycles. The van der Waals surface area contributed by atoms with E-state index in [2.05, 4.69) is 11.1 Å². The first-order valence-corrected chi connectivity index (χ1v) is 7.66. The smallest absolute Gasteiger partial charge is 0.231 e. The van der Waals surface area contributed by atoms with Crippen molar-refractivity contribution in [2.24, 2.45) is 0 Å². The predicted molar refractivity (Wildman–Crippen MR) is 87.7 cm³/mol. The van der Waals surface area contributed by atoms with Crippen LogP contribution < -0.4 is 14.2 Å². The van der Waals surface area contributed by atoms with E-state index in [4.69, 9.17) is 14.2 Å². The summed E-state index contributed by atoms with van der Waals surface area (Å²) in [5.74, 6) is 2.06. The second-order valence-electron chi connectivity index (χ2n) is 4.81. The highest BCUT2D eigenvalue weighted by atomic mass is 32.1. The van der Waals surface area contributed by atoms with Crippen molar-refractivity contribution in [3.8, 4) is 17.2 Å². The third kappa shape index (κ3) is 2.29. The molecule has 0 atom stereocenters. The Hall–Kier alpha value is -2.53. The summed E-state index contributed by atoms with van der Waals surface area (Å²) in [6.45, 7) is 0.233. The Balaban J connectivity index is 1.68. The van der Waals surface area contributed by atoms with E-state index in [9.17, 15) is 0 Å². The van der Waals surface area contributed by atoms with Gasteiger partial charge >= 0.3 is 0 Å². The summed E-state index contributed by atoms with van der Waals surface area (Å²) in [4.78, 5) is 4.59. The van der Waals surface area contributed by atoms with Gasteiger partial charge in [0.15, 0.2) is 11.5 Å². The average molecular weight is 311 g/mol. The second kappa shape index (κ2) is 5.35. The highest BCUT2D eigenvalue weighted by Gasteiger charge is 2.19. The minimum Gasteiger partial charge on any atom is -0.493 e. The van der Waals surface area contributed by atoms with Crippen molar-refractivity contribution in [3.63, 3.8) is 0 Å². The zero-order valence-electron chi connectivity index (χ0n) is 11.9. The minimum atomic E-state index is 0.233. The van der Waals surface area contributed by atoms with Gasteiger partial charge in [-0.15, -0.1) is 11.3 Å². The number of hydrogen-bond donors (Lipinski definition) is 0. The molecule has 3 aromatic rings. The van der Waals surface area contributed by atoms with Crippen LogP contribution in [0.15, 0.2) is 36.4 Å². The Bertz CT molecular complexity index is 836. The van der Waals surface area contributed by atoms with Crippen LogP contribution in [0.1, 0.15) is 10.6 Å². The molecule has 1 aliphatic heterocycles. The van der Waals surface area contributed by atoms with Gasteiger partial charge in [0.05, 0.1) is 17.3 Å². The highest BCUT2D eigenvalue weighted by Crippen LogP contribution is 2.42. The largest absolute Gasteiger partial charge is 0.493 e. The Morgan fingerprint density at radius 3 is 2.95 bits per heavy atom. The van der Waals surface area contributed by atoms with Crippen molar-refractivity contribution in [1.82, 2.24) is 4.98 Å². The van der Waals surface area contributed by atoms with Gasteiger partial charge in [0.1, 0.15) is 5.01 Å². The maximum atomic E-state index is 5.43. The van der Waals surface area contributed by atoms with E-state index in [1.165, 1.54) is 4.70 Å². The normalized spacial score (nSPS) is 13.1. The average Bonchev–Trinajstić information content (AvgIpc) is 3.17. The molecule has 110 valence electrons. The standard InChI is InChI=1S/C17H13NO3S/c1-19-13-8-11(9-14-17(13)21-10-20-14)6-7-16-18-12-4-2-3-5-15(12)22-16/h2-9H,10H2,1H3. The molecule has 0 N–H and O–H groups in total. The van der Waals surface area contributed by atoms with E-state index in [1.54, 1.807) is 18.4 Å². The lowest BCUT2D eigenvalue weighted by Crippen LogP contribution is -1.93. The molecule has 0 saturated heterocycles. The van der Waals surface area contributed by atoms with Crippen molar-refractivity contribution >= 4 is 33.7 Å². The molecule has 0 bridgehead atoms. The molecule has 0 saturated carbocycles. The van der Waals surface area contributed by atoms with E-state index in [-0.39, 0.29) is 6.79 Å². The van der Waals surface area contributed by atoms with Crippen LogP contribution in [-0.4, -0.2) is 18.9 Å². The third-order valence-electron chi connectivity index (χ3n) is 3.41. The van der Waals surface area contributed by atoms with Gasteiger partial charge in [0, 0.05) is 0 Å². The maximum Gasteiger partial charge on any atom is 0.231 e. The van der Waals surface area contributed by atoms with Gasteiger partial charge in [0.2, 0.25) is 12.5 Å². The van der Waals surface area contributed by atoms with E-state index < -0.39 is 0 Å². The Kier molecular flexibility index (Phi) is 3.20. The van der Waals surface area contributed by atoms with Crippen LogP contribution >= 0.6 is 11.3 Å². The number of fused-ring (bicyclic) bond motifs is 2. The van der Waals surface area contributed by atoms with Gasteiger partial charge < -0.3 is 14.2 Å². The quantitative estimate of drug-likeness (QED) is 0.726. The SMILES string of the molecule is COc1cc(C=Cc2nc3ccccc3s2)cc2c1OCO2. The molecule has 0 aliphatic carbocycles. The first-order valence-electron chi connectivity index (χ1n) is 6.85. The van der Waals surface area contributed by atoms with Crippen molar-refractivity contribution in [2.75, 3.05) is 13.9 Å². The van der Waals surface area contributed by atoms with Gasteiger partial charge in [0.25, 0.3) is 0 Å². The number of nitrogens with zero attached hydrogens (tertiary/aromatic N) is 1. The number of rotatable bonds is 3. The molecule has 0 fully saturated rings. The molecular weight excluding hydrogens is 298 g/mol. The lowest BCUT2D eigenvalue weighted by atomic mass is 10.1. The monoisotopic (exact) mass is 311 g/mol. The first-order chi connectivity index (χ1) is 10.8. The molecule has 0 unspecified atom stereocenters. The summed E-state index contributed by atoms with van der Waals surface area (Å²) >= 11 is 1.67. The summed E-state index contributed by atoms with van der Waals surface area (Å²) in [5, 5.41) is 0.970. The van der Waals surface area contributed by atoms with Crippen molar-refractivity contribution < 1.29 is 14.2 Å². The number of ether oxygens (including phenoxy) is 3. The van der Waals surface area contributed by atoms with Crippen LogP contribution in [0, 0.1) is 0 Å². The van der Waals surface area contributed by atoms with E-state index in [1.807, 2.05) is 42.5 Å². The molecule has 4 nitrogen and oxygen atoms in total. The topological polar surface area (TPSA) is 40.6 Å². The lowest BCUT2D eigenvalue weighted by Gasteiger charge is -2.05. The van der Waals surface area contributed by atoms with Gasteiger partial charge in [-0.3, -0.25) is 0 Å². The van der Waals surface area contributed by atoms with Crippen LogP contribution in [0.3, 0.4) is 0 Å². The van der Waals surface area contributed by atoms with Gasteiger partial charge in [-0.1, -0.05) is 18.2 Å². The predicted octanol–water partition coefficient (Wildman–Crippen LogP) is 4.20. The molecule has 1 aromatic heterocycles. The number of methoxy groups -OCH3 is 1. The number of benzene rings is 2. The summed E-state index contributed by atoms with van der Waals surface area (Å²) in [5.41, 5.74) is 2.01. The Morgan fingerprint density at radius 2 is 2.09 bits per heavy atom.